The van der Waals surface area contributed by atoms with Gasteiger partial charge in [-0.25, -0.2) is 8.42 Å². The van der Waals surface area contributed by atoms with Crippen molar-refractivity contribution in [3.63, 3.8) is 0 Å². The third-order valence-corrected chi connectivity index (χ3v) is 10.4. The second-order valence-electron chi connectivity index (χ2n) is 13.2. The van der Waals surface area contributed by atoms with Gasteiger partial charge in [0.2, 0.25) is 5.91 Å². The van der Waals surface area contributed by atoms with Gasteiger partial charge >= 0.3 is 0 Å². The number of nitrogens with one attached hydrogen (secondary N) is 2. The van der Waals surface area contributed by atoms with Crippen LogP contribution in [-0.4, -0.2) is 49.6 Å². The van der Waals surface area contributed by atoms with Gasteiger partial charge in [-0.2, -0.15) is 0 Å². The van der Waals surface area contributed by atoms with E-state index in [0.29, 0.717) is 25.3 Å². The number of carbonyl (C=O) groups is 1. The van der Waals surface area contributed by atoms with Gasteiger partial charge < -0.3 is 15.7 Å². The van der Waals surface area contributed by atoms with Gasteiger partial charge in [0.15, 0.2) is 9.84 Å². The van der Waals surface area contributed by atoms with Crippen LogP contribution in [0.25, 0.3) is 0 Å². The predicted octanol–water partition coefficient (Wildman–Crippen LogP) is 5.23. The number of carbonyl (C=O) groups excluding carboxylic acids is 1. The van der Waals surface area contributed by atoms with Crippen LogP contribution in [0.3, 0.4) is 0 Å². The number of benzene rings is 1. The van der Waals surface area contributed by atoms with Crippen molar-refractivity contribution in [1.29, 1.82) is 0 Å². The van der Waals surface area contributed by atoms with Crippen LogP contribution in [0, 0.1) is 11.8 Å². The quantitative estimate of drug-likeness (QED) is 0.468. The van der Waals surface area contributed by atoms with Crippen molar-refractivity contribution < 1.29 is 18.3 Å². The molecule has 216 valence electrons. The molecule has 0 unspecified atom stereocenters. The lowest BCUT2D eigenvalue weighted by molar-refractivity contribution is -0.125. The number of hydrogen-bond acceptors (Lipinski definition) is 5. The Balaban J connectivity index is 1.69. The zero-order chi connectivity index (χ0) is 28.0. The average Bonchev–Trinajstić information content (AvgIpc) is 3.63. The van der Waals surface area contributed by atoms with Crippen LogP contribution in [0.15, 0.2) is 24.3 Å². The maximum atomic E-state index is 13.1. The molecule has 3 rings (SSSR count). The molecule has 1 aromatic rings. The minimum Gasteiger partial charge on any atom is -0.390 e. The van der Waals surface area contributed by atoms with E-state index in [9.17, 15) is 18.3 Å². The predicted molar refractivity (Wildman–Crippen MR) is 156 cm³/mol. The summed E-state index contributed by atoms with van der Waals surface area (Å²) in [5, 5.41) is 18.0. The third kappa shape index (κ3) is 9.34. The first-order valence-corrected chi connectivity index (χ1v) is 16.7. The average molecular weight is 549 g/mol. The monoisotopic (exact) mass is 548 g/mol. The number of aliphatic hydroxyl groups excluding tert-OH is 1. The summed E-state index contributed by atoms with van der Waals surface area (Å²) in [6.07, 6.45) is 9.10. The molecule has 1 saturated carbocycles. The maximum Gasteiger partial charge on any atom is 0.224 e. The van der Waals surface area contributed by atoms with Crippen molar-refractivity contribution in [2.45, 2.75) is 122 Å². The standard InChI is InChI=1S/C31H52N2O4S/c1-23-13-10-8-6-7-9-11-18-38(36,37)22-24(2)29(35)33-27(19-23)28(34)21-32-31(16-17-31)26-15-12-14-25(20-26)30(3,4)5/h12,14-15,20,23-24,27-28,32,34H,6-11,13,16-19,21-22H2,1-5H3,(H,33,35)/t23-,24-,27+,28-/m1/s1. The maximum absolute atomic E-state index is 13.1. The first-order chi connectivity index (χ1) is 17.8. The highest BCUT2D eigenvalue weighted by Gasteiger charge is 2.44. The van der Waals surface area contributed by atoms with E-state index in [4.69, 9.17) is 0 Å². The van der Waals surface area contributed by atoms with Crippen molar-refractivity contribution in [2.24, 2.45) is 11.8 Å². The molecule has 1 saturated heterocycles. The number of rotatable bonds is 5. The summed E-state index contributed by atoms with van der Waals surface area (Å²) >= 11 is 0. The molecule has 0 spiro atoms. The van der Waals surface area contributed by atoms with E-state index in [-0.39, 0.29) is 28.4 Å². The van der Waals surface area contributed by atoms with E-state index in [1.165, 1.54) is 11.1 Å². The van der Waals surface area contributed by atoms with E-state index in [1.54, 1.807) is 6.92 Å². The molecule has 1 heterocycles. The Morgan fingerprint density at radius 2 is 1.74 bits per heavy atom. The zero-order valence-corrected chi connectivity index (χ0v) is 25.2. The van der Waals surface area contributed by atoms with Crippen molar-refractivity contribution in [3.8, 4) is 0 Å². The summed E-state index contributed by atoms with van der Waals surface area (Å²) in [6.45, 7) is 10.9. The first-order valence-electron chi connectivity index (χ1n) is 14.9. The molecule has 1 aromatic carbocycles. The molecule has 38 heavy (non-hydrogen) atoms. The summed E-state index contributed by atoms with van der Waals surface area (Å²) in [5.74, 6) is -0.546. The molecule has 1 aliphatic heterocycles. The van der Waals surface area contributed by atoms with Gasteiger partial charge in [0.1, 0.15) is 0 Å². The number of aliphatic hydroxyl groups is 1. The Morgan fingerprint density at radius 1 is 1.08 bits per heavy atom. The third-order valence-electron chi connectivity index (χ3n) is 8.48. The van der Waals surface area contributed by atoms with Gasteiger partial charge in [0, 0.05) is 18.0 Å². The van der Waals surface area contributed by atoms with Crippen LogP contribution < -0.4 is 10.6 Å². The second kappa shape index (κ2) is 13.3. The molecule has 0 bridgehead atoms. The largest absolute Gasteiger partial charge is 0.390 e. The molecule has 0 aromatic heterocycles. The zero-order valence-electron chi connectivity index (χ0n) is 24.4. The van der Waals surface area contributed by atoms with E-state index in [1.807, 2.05) is 0 Å². The fourth-order valence-electron chi connectivity index (χ4n) is 5.67. The van der Waals surface area contributed by atoms with E-state index in [2.05, 4.69) is 62.6 Å². The van der Waals surface area contributed by atoms with Crippen LogP contribution in [0.5, 0.6) is 0 Å². The Morgan fingerprint density at radius 3 is 2.39 bits per heavy atom. The molecule has 6 nitrogen and oxygen atoms in total. The summed E-state index contributed by atoms with van der Waals surface area (Å²) in [5.41, 5.74) is 2.50. The van der Waals surface area contributed by atoms with Gasteiger partial charge in [0.05, 0.1) is 23.7 Å². The van der Waals surface area contributed by atoms with Crippen LogP contribution >= 0.6 is 0 Å². The van der Waals surface area contributed by atoms with Gasteiger partial charge in [-0.3, -0.25) is 4.79 Å². The topological polar surface area (TPSA) is 95.5 Å². The van der Waals surface area contributed by atoms with Crippen molar-refractivity contribution in [1.82, 2.24) is 10.6 Å². The van der Waals surface area contributed by atoms with E-state index in [0.717, 1.165) is 51.4 Å². The van der Waals surface area contributed by atoms with E-state index >= 15 is 0 Å². The molecular weight excluding hydrogens is 496 g/mol. The highest BCUT2D eigenvalue weighted by molar-refractivity contribution is 7.91. The summed E-state index contributed by atoms with van der Waals surface area (Å²) in [6, 6.07) is 8.32. The molecule has 4 atom stereocenters. The van der Waals surface area contributed by atoms with Crippen molar-refractivity contribution >= 4 is 15.7 Å². The molecule has 2 aliphatic rings. The molecule has 2 fully saturated rings. The van der Waals surface area contributed by atoms with Crippen LogP contribution in [-0.2, 0) is 25.6 Å². The number of sulfone groups is 1. The van der Waals surface area contributed by atoms with Gasteiger partial charge in [-0.1, -0.05) is 97.4 Å². The lowest BCUT2D eigenvalue weighted by Gasteiger charge is -2.30. The SMILES string of the molecule is C[C@@H]1CCCCCCCCS(=O)(=O)C[C@@H](C)C(=O)N[C@H]([C@H](O)CNC2(c3cccc(C(C)(C)C)c3)CC2)C1. The summed E-state index contributed by atoms with van der Waals surface area (Å²) in [4.78, 5) is 13.1. The van der Waals surface area contributed by atoms with Crippen LogP contribution in [0.2, 0.25) is 0 Å². The molecule has 0 radical (unpaired) electrons. The van der Waals surface area contributed by atoms with Crippen LogP contribution in [0.1, 0.15) is 110 Å². The molecular formula is C31H52N2O4S. The van der Waals surface area contributed by atoms with Crippen LogP contribution in [0.4, 0.5) is 0 Å². The van der Waals surface area contributed by atoms with Gasteiger partial charge in [-0.05, 0) is 48.1 Å². The van der Waals surface area contributed by atoms with Crippen molar-refractivity contribution in [2.75, 3.05) is 18.1 Å². The first kappa shape index (κ1) is 31.1. The minimum atomic E-state index is -3.28. The molecule has 1 amide bonds. The molecule has 7 heteroatoms. The lowest BCUT2D eigenvalue weighted by atomic mass is 9.85. The van der Waals surface area contributed by atoms with E-state index < -0.39 is 27.9 Å². The Bertz CT molecular complexity index is 1010. The molecule has 1 aliphatic carbocycles. The lowest BCUT2D eigenvalue weighted by Crippen LogP contribution is -2.51. The Hall–Kier alpha value is -1.44. The number of hydrogen-bond donors (Lipinski definition) is 3. The molecule has 3 N–H and O–H groups in total. The summed E-state index contributed by atoms with van der Waals surface area (Å²) in [7, 11) is -3.28. The van der Waals surface area contributed by atoms with Crippen molar-refractivity contribution in [3.05, 3.63) is 35.4 Å². The highest BCUT2D eigenvalue weighted by Crippen LogP contribution is 2.46. The Labute approximate surface area is 231 Å². The minimum absolute atomic E-state index is 0.0694. The normalized spacial score (nSPS) is 28.3. The smallest absolute Gasteiger partial charge is 0.224 e. The second-order valence-corrected chi connectivity index (χ2v) is 15.5. The highest BCUT2D eigenvalue weighted by atomic mass is 32.2. The Kier molecular flexibility index (Phi) is 10.9. The van der Waals surface area contributed by atoms with Gasteiger partial charge in [0.25, 0.3) is 0 Å². The fourth-order valence-corrected chi connectivity index (χ4v) is 7.39. The number of amides is 1. The fraction of sp³-hybridized carbons (Fsp3) is 0.774. The summed E-state index contributed by atoms with van der Waals surface area (Å²) < 4.78 is 25.2. The van der Waals surface area contributed by atoms with Gasteiger partial charge in [-0.15, -0.1) is 0 Å².